The second-order valence-electron chi connectivity index (χ2n) is 5.77. The van der Waals surface area contributed by atoms with Gasteiger partial charge in [-0.2, -0.15) is 0 Å². The van der Waals surface area contributed by atoms with Gasteiger partial charge in [-0.1, -0.05) is 26.8 Å². The summed E-state index contributed by atoms with van der Waals surface area (Å²) in [4.78, 5) is 2.20. The molecule has 0 aliphatic rings. The second-order valence-corrected chi connectivity index (χ2v) is 5.77. The number of hydrogen-bond donors (Lipinski definition) is 1. The molecular formula is C17H28F2N2. The predicted octanol–water partition coefficient (Wildman–Crippen LogP) is 4.13. The highest BCUT2D eigenvalue weighted by Gasteiger charge is 2.38. The van der Waals surface area contributed by atoms with Crippen LogP contribution in [0.4, 0.5) is 8.78 Å². The average Bonchev–Trinajstić information content (AvgIpc) is 2.46. The van der Waals surface area contributed by atoms with Gasteiger partial charge in [-0.15, -0.1) is 0 Å². The van der Waals surface area contributed by atoms with Gasteiger partial charge in [-0.05, 0) is 57.6 Å². The number of halogens is 2. The Morgan fingerprint density at radius 2 is 1.71 bits per heavy atom. The Bertz CT molecular complexity index is 442. The lowest BCUT2D eigenvalue weighted by atomic mass is 9.79. The van der Waals surface area contributed by atoms with E-state index >= 15 is 0 Å². The number of hydrogen-bond acceptors (Lipinski definition) is 2. The fourth-order valence-corrected chi connectivity index (χ4v) is 3.15. The number of likely N-dealkylation sites (N-methyl/N-ethyl adjacent to an activating group) is 1. The largest absolute Gasteiger partial charge is 0.308 e. The van der Waals surface area contributed by atoms with Crippen LogP contribution in [-0.4, -0.2) is 31.1 Å². The molecule has 0 heterocycles. The zero-order valence-electron chi connectivity index (χ0n) is 13.8. The summed E-state index contributed by atoms with van der Waals surface area (Å²) in [6.45, 7) is 7.23. The molecule has 1 rings (SSSR count). The summed E-state index contributed by atoms with van der Waals surface area (Å²) in [5.41, 5.74) is 0.680. The molecule has 1 aromatic rings. The molecule has 0 saturated carbocycles. The zero-order chi connectivity index (χ0) is 16.0. The highest BCUT2D eigenvalue weighted by Crippen LogP contribution is 2.36. The summed E-state index contributed by atoms with van der Waals surface area (Å²) < 4.78 is 26.9. The van der Waals surface area contributed by atoms with Gasteiger partial charge in [0.15, 0.2) is 11.6 Å². The van der Waals surface area contributed by atoms with Crippen LogP contribution in [0.5, 0.6) is 0 Å². The molecule has 0 aromatic heterocycles. The van der Waals surface area contributed by atoms with E-state index in [9.17, 15) is 8.78 Å². The van der Waals surface area contributed by atoms with Crippen LogP contribution in [0.15, 0.2) is 18.2 Å². The molecule has 21 heavy (non-hydrogen) atoms. The first-order valence-electron chi connectivity index (χ1n) is 7.78. The van der Waals surface area contributed by atoms with Crippen molar-refractivity contribution in [2.45, 2.75) is 51.6 Å². The van der Waals surface area contributed by atoms with Gasteiger partial charge < -0.3 is 10.2 Å². The van der Waals surface area contributed by atoms with Gasteiger partial charge in [0.05, 0.1) is 6.04 Å². The van der Waals surface area contributed by atoms with E-state index in [1.54, 1.807) is 6.07 Å². The number of nitrogens with zero attached hydrogens (tertiary/aromatic N) is 1. The first-order chi connectivity index (χ1) is 9.92. The molecule has 0 fully saturated rings. The molecule has 1 atom stereocenters. The van der Waals surface area contributed by atoms with E-state index in [4.69, 9.17) is 0 Å². The van der Waals surface area contributed by atoms with Crippen molar-refractivity contribution in [3.8, 4) is 0 Å². The maximum atomic E-state index is 13.6. The monoisotopic (exact) mass is 298 g/mol. The van der Waals surface area contributed by atoms with E-state index in [0.717, 1.165) is 31.4 Å². The van der Waals surface area contributed by atoms with Crippen molar-refractivity contribution in [1.82, 2.24) is 10.2 Å². The summed E-state index contributed by atoms with van der Waals surface area (Å²) >= 11 is 0. The lowest BCUT2D eigenvalue weighted by Gasteiger charge is -2.46. The molecule has 1 N–H and O–H groups in total. The predicted molar refractivity (Wildman–Crippen MR) is 84.4 cm³/mol. The van der Waals surface area contributed by atoms with Gasteiger partial charge in [-0.3, -0.25) is 0 Å². The molecule has 0 radical (unpaired) electrons. The number of benzene rings is 1. The van der Waals surface area contributed by atoms with Crippen LogP contribution in [0.25, 0.3) is 0 Å². The summed E-state index contributed by atoms with van der Waals surface area (Å²) in [7, 11) is 4.10. The minimum atomic E-state index is -0.795. The molecule has 2 nitrogen and oxygen atoms in total. The Labute approximate surface area is 127 Å². The molecule has 4 heteroatoms. The van der Waals surface area contributed by atoms with E-state index in [1.165, 1.54) is 12.1 Å². The van der Waals surface area contributed by atoms with Gasteiger partial charge in [-0.25, -0.2) is 8.78 Å². The van der Waals surface area contributed by atoms with Crippen LogP contribution in [-0.2, 0) is 0 Å². The quantitative estimate of drug-likeness (QED) is 0.776. The van der Waals surface area contributed by atoms with E-state index in [1.807, 2.05) is 14.1 Å². The maximum Gasteiger partial charge on any atom is 0.159 e. The smallest absolute Gasteiger partial charge is 0.159 e. The first-order valence-corrected chi connectivity index (χ1v) is 7.78. The van der Waals surface area contributed by atoms with E-state index < -0.39 is 11.6 Å². The van der Waals surface area contributed by atoms with Crippen LogP contribution >= 0.6 is 0 Å². The van der Waals surface area contributed by atoms with Gasteiger partial charge >= 0.3 is 0 Å². The van der Waals surface area contributed by atoms with Crippen LogP contribution in [0.3, 0.4) is 0 Å². The normalized spacial score (nSPS) is 13.7. The third-order valence-electron chi connectivity index (χ3n) is 4.53. The Morgan fingerprint density at radius 1 is 1.10 bits per heavy atom. The van der Waals surface area contributed by atoms with Crippen LogP contribution < -0.4 is 5.32 Å². The Morgan fingerprint density at radius 3 is 2.14 bits per heavy atom. The van der Waals surface area contributed by atoms with Crippen LogP contribution in [0.2, 0.25) is 0 Å². The van der Waals surface area contributed by atoms with E-state index in [2.05, 4.69) is 31.0 Å². The minimum Gasteiger partial charge on any atom is -0.308 e. The topological polar surface area (TPSA) is 15.3 Å². The van der Waals surface area contributed by atoms with Crippen LogP contribution in [0, 0.1) is 11.6 Å². The third kappa shape index (κ3) is 3.80. The van der Waals surface area contributed by atoms with Crippen molar-refractivity contribution >= 4 is 0 Å². The third-order valence-corrected chi connectivity index (χ3v) is 4.53. The molecule has 0 amide bonds. The van der Waals surface area contributed by atoms with Crippen molar-refractivity contribution in [3.05, 3.63) is 35.4 Å². The molecule has 1 aromatic carbocycles. The van der Waals surface area contributed by atoms with Crippen molar-refractivity contribution < 1.29 is 8.78 Å². The van der Waals surface area contributed by atoms with Gasteiger partial charge in [0, 0.05) is 5.54 Å². The highest BCUT2D eigenvalue weighted by atomic mass is 19.2. The highest BCUT2D eigenvalue weighted by molar-refractivity contribution is 5.25. The van der Waals surface area contributed by atoms with Gasteiger partial charge in [0.25, 0.3) is 0 Å². The lowest BCUT2D eigenvalue weighted by molar-refractivity contribution is 0.0879. The average molecular weight is 298 g/mol. The maximum absolute atomic E-state index is 13.6. The summed E-state index contributed by atoms with van der Waals surface area (Å²) in [5.74, 6) is -1.58. The van der Waals surface area contributed by atoms with Crippen molar-refractivity contribution in [2.24, 2.45) is 0 Å². The minimum absolute atomic E-state index is 0.0300. The molecular weight excluding hydrogens is 270 g/mol. The molecule has 120 valence electrons. The molecule has 0 aliphatic heterocycles. The van der Waals surface area contributed by atoms with Crippen molar-refractivity contribution in [1.29, 1.82) is 0 Å². The Hall–Kier alpha value is -1.00. The number of rotatable bonds is 8. The fraction of sp³-hybridized carbons (Fsp3) is 0.647. The van der Waals surface area contributed by atoms with E-state index in [-0.39, 0.29) is 11.6 Å². The first kappa shape index (κ1) is 18.1. The molecule has 0 bridgehead atoms. The molecule has 0 saturated heterocycles. The Balaban J connectivity index is 3.28. The standard InChI is InChI=1S/C17H28F2N2/c1-6-11-20-16(17(7-2,8-3)21(4)5)13-9-10-14(18)15(19)12-13/h9-10,12,16,20H,6-8,11H2,1-5H3. The number of nitrogens with one attached hydrogen (secondary N) is 1. The zero-order valence-corrected chi connectivity index (χ0v) is 13.8. The molecule has 0 aliphatic carbocycles. The summed E-state index contributed by atoms with van der Waals surface area (Å²) in [6, 6.07) is 4.20. The van der Waals surface area contributed by atoms with Crippen molar-refractivity contribution in [2.75, 3.05) is 20.6 Å². The fourth-order valence-electron chi connectivity index (χ4n) is 3.15. The molecule has 0 spiro atoms. The Kier molecular flexibility index (Phi) is 6.75. The lowest BCUT2D eigenvalue weighted by Crippen LogP contribution is -2.53. The molecule has 1 unspecified atom stereocenters. The van der Waals surface area contributed by atoms with Gasteiger partial charge in [0.2, 0.25) is 0 Å². The second kappa shape index (κ2) is 7.85. The van der Waals surface area contributed by atoms with Gasteiger partial charge in [0.1, 0.15) is 0 Å². The van der Waals surface area contributed by atoms with Crippen molar-refractivity contribution in [3.63, 3.8) is 0 Å². The van der Waals surface area contributed by atoms with Crippen LogP contribution in [0.1, 0.15) is 51.6 Å². The summed E-state index contributed by atoms with van der Waals surface area (Å²) in [6.07, 6.45) is 2.85. The summed E-state index contributed by atoms with van der Waals surface area (Å²) in [5, 5.41) is 3.53. The SMILES string of the molecule is CCCNC(c1ccc(F)c(F)c1)C(CC)(CC)N(C)C. The van der Waals surface area contributed by atoms with E-state index in [0.29, 0.717) is 0 Å².